The van der Waals surface area contributed by atoms with Crippen LogP contribution in [0.1, 0.15) is 51.9 Å². The van der Waals surface area contributed by atoms with Gasteiger partial charge >= 0.3 is 18.2 Å². The van der Waals surface area contributed by atoms with E-state index in [4.69, 9.17) is 25.8 Å². The lowest BCUT2D eigenvalue weighted by Gasteiger charge is -2.24. The van der Waals surface area contributed by atoms with E-state index in [2.05, 4.69) is 10.1 Å². The van der Waals surface area contributed by atoms with E-state index in [1.165, 1.54) is 22.5 Å². The lowest BCUT2D eigenvalue weighted by molar-refractivity contribution is -0.00149. The highest BCUT2D eigenvalue weighted by molar-refractivity contribution is 6.30. The van der Waals surface area contributed by atoms with Gasteiger partial charge in [-0.3, -0.25) is 4.90 Å². The minimum Gasteiger partial charge on any atom is -0.443 e. The smallest absolute Gasteiger partial charge is 0.443 e. The molecule has 0 atom stereocenters. The van der Waals surface area contributed by atoms with Crippen molar-refractivity contribution in [2.24, 2.45) is 0 Å². The van der Waals surface area contributed by atoms with Crippen LogP contribution in [0.4, 0.5) is 15.4 Å². The molecule has 0 bridgehead atoms. The first-order valence-corrected chi connectivity index (χ1v) is 9.02. The fourth-order valence-corrected chi connectivity index (χ4v) is 2.30. The zero-order valence-corrected chi connectivity index (χ0v) is 18.0. The van der Waals surface area contributed by atoms with Crippen molar-refractivity contribution in [3.63, 3.8) is 0 Å². The fourth-order valence-electron chi connectivity index (χ4n) is 2.13. The lowest BCUT2D eigenvalue weighted by Crippen LogP contribution is -2.35. The number of hydrogen-bond donors (Lipinski definition) is 0. The molecule has 0 aliphatic carbocycles. The summed E-state index contributed by atoms with van der Waals surface area (Å²) in [4.78, 5) is 41.7. The first kappa shape index (κ1) is 22.4. The van der Waals surface area contributed by atoms with Gasteiger partial charge in [0.2, 0.25) is 0 Å². The zero-order valence-electron chi connectivity index (χ0n) is 17.3. The molecule has 2 rings (SSSR count). The predicted octanol–water partition coefficient (Wildman–Crippen LogP) is 3.85. The molecule has 0 spiro atoms. The third-order valence-electron chi connectivity index (χ3n) is 3.22. The summed E-state index contributed by atoms with van der Waals surface area (Å²) >= 11 is 6.06. The van der Waals surface area contributed by atoms with E-state index in [-0.39, 0.29) is 22.2 Å². The van der Waals surface area contributed by atoms with E-state index in [1.807, 2.05) is 0 Å². The summed E-state index contributed by atoms with van der Waals surface area (Å²) in [5.74, 6) is -0.819. The second-order valence-electron chi connectivity index (χ2n) is 8.12. The van der Waals surface area contributed by atoms with Crippen molar-refractivity contribution in [2.45, 2.75) is 52.7 Å². The molecular formula is C18H23ClN4O6. The van der Waals surface area contributed by atoms with Gasteiger partial charge in [0.1, 0.15) is 27.7 Å². The number of carbonyl (C=O) groups excluding carboxylic acids is 3. The van der Waals surface area contributed by atoms with Gasteiger partial charge < -0.3 is 14.2 Å². The number of rotatable bonds is 2. The number of nitrogens with zero attached hydrogens (tertiary/aromatic N) is 4. The van der Waals surface area contributed by atoms with Crippen molar-refractivity contribution in [3.8, 4) is 0 Å². The van der Waals surface area contributed by atoms with Gasteiger partial charge in [-0.2, -0.15) is 9.61 Å². The summed E-state index contributed by atoms with van der Waals surface area (Å²) in [6.07, 6.45) is -0.665. The van der Waals surface area contributed by atoms with Gasteiger partial charge in [-0.1, -0.05) is 11.6 Å². The Morgan fingerprint density at radius 1 is 1.07 bits per heavy atom. The second-order valence-corrected chi connectivity index (χ2v) is 8.51. The molecular weight excluding hydrogens is 404 g/mol. The molecule has 0 saturated carbocycles. The second kappa shape index (κ2) is 7.86. The highest BCUT2D eigenvalue weighted by Crippen LogP contribution is 2.23. The molecule has 0 radical (unpaired) electrons. The summed E-state index contributed by atoms with van der Waals surface area (Å²) in [6.45, 7) is 10.1. The van der Waals surface area contributed by atoms with Crippen LogP contribution in [-0.4, -0.2) is 51.1 Å². The molecule has 0 aliphatic rings. The summed E-state index contributed by atoms with van der Waals surface area (Å²) in [5.41, 5.74) is -1.68. The molecule has 1 amide bonds. The number of amides is 1. The van der Waals surface area contributed by atoms with E-state index in [1.54, 1.807) is 41.5 Å². The average Bonchev–Trinajstić information content (AvgIpc) is 2.93. The summed E-state index contributed by atoms with van der Waals surface area (Å²) in [7, 11) is 1.46. The molecule has 0 unspecified atom stereocenters. The minimum atomic E-state index is -1.16. The highest BCUT2D eigenvalue weighted by atomic mass is 35.5. The molecule has 2 aromatic rings. The van der Waals surface area contributed by atoms with Crippen molar-refractivity contribution in [1.82, 2.24) is 14.6 Å². The van der Waals surface area contributed by atoms with E-state index in [0.717, 1.165) is 6.20 Å². The van der Waals surface area contributed by atoms with E-state index >= 15 is 0 Å². The Hall–Kier alpha value is -2.88. The van der Waals surface area contributed by atoms with Crippen LogP contribution in [-0.2, 0) is 14.2 Å². The van der Waals surface area contributed by atoms with Gasteiger partial charge in [-0.15, -0.1) is 0 Å². The topological polar surface area (TPSA) is 112 Å². The van der Waals surface area contributed by atoms with Gasteiger partial charge in [0.25, 0.3) is 0 Å². The standard InChI is InChI=1S/C18H23ClN4O6/c1-17(2,3)28-15(25)22(7)12-8-11(19)21-13-10(9-20-23(12)13)14(24)27-16(26)29-18(4,5)6/h8-9H,1-7H3. The average molecular weight is 427 g/mol. The maximum absolute atomic E-state index is 12.4. The molecule has 10 nitrogen and oxygen atoms in total. The van der Waals surface area contributed by atoms with Crippen LogP contribution in [0.15, 0.2) is 12.3 Å². The Morgan fingerprint density at radius 2 is 1.66 bits per heavy atom. The van der Waals surface area contributed by atoms with Crippen molar-refractivity contribution in [2.75, 3.05) is 11.9 Å². The maximum Gasteiger partial charge on any atom is 0.516 e. The van der Waals surface area contributed by atoms with Crippen molar-refractivity contribution in [1.29, 1.82) is 0 Å². The molecule has 0 fully saturated rings. The van der Waals surface area contributed by atoms with Crippen molar-refractivity contribution in [3.05, 3.63) is 23.0 Å². The van der Waals surface area contributed by atoms with Gasteiger partial charge in [-0.25, -0.2) is 19.4 Å². The Morgan fingerprint density at radius 3 is 2.21 bits per heavy atom. The number of fused-ring (bicyclic) bond motifs is 1. The van der Waals surface area contributed by atoms with E-state index < -0.39 is 29.4 Å². The molecule has 0 aromatic carbocycles. The van der Waals surface area contributed by atoms with Crippen LogP contribution in [0.2, 0.25) is 5.15 Å². The van der Waals surface area contributed by atoms with Crippen LogP contribution in [0, 0.1) is 0 Å². The molecule has 2 aromatic heterocycles. The Balaban J connectivity index is 2.37. The number of anilines is 1. The number of hydrogen-bond acceptors (Lipinski definition) is 8. The normalized spacial score (nSPS) is 11.9. The van der Waals surface area contributed by atoms with Crippen LogP contribution in [0.25, 0.3) is 5.65 Å². The van der Waals surface area contributed by atoms with Gasteiger partial charge in [0.15, 0.2) is 5.65 Å². The minimum absolute atomic E-state index is 0.00327. The van der Waals surface area contributed by atoms with Crippen LogP contribution >= 0.6 is 11.6 Å². The van der Waals surface area contributed by atoms with E-state index in [9.17, 15) is 14.4 Å². The third kappa shape index (κ3) is 5.80. The third-order valence-corrected chi connectivity index (χ3v) is 3.41. The van der Waals surface area contributed by atoms with Crippen molar-refractivity contribution >= 4 is 41.3 Å². The molecule has 11 heteroatoms. The number of halogens is 1. The summed E-state index contributed by atoms with van der Waals surface area (Å²) in [6, 6.07) is 1.38. The Kier molecular flexibility index (Phi) is 6.07. The zero-order chi connectivity index (χ0) is 22.1. The number of carbonyl (C=O) groups is 3. The van der Waals surface area contributed by atoms with Gasteiger partial charge in [-0.05, 0) is 41.5 Å². The summed E-state index contributed by atoms with van der Waals surface area (Å²) < 4.78 is 16.2. The SMILES string of the molecule is CN(C(=O)OC(C)(C)C)c1cc(Cl)nc2c(C(=O)OC(=O)OC(C)(C)C)cnn12. The molecule has 2 heterocycles. The first-order chi connectivity index (χ1) is 13.2. The maximum atomic E-state index is 12.4. The lowest BCUT2D eigenvalue weighted by atomic mass is 10.2. The van der Waals surface area contributed by atoms with Crippen LogP contribution < -0.4 is 4.90 Å². The Bertz CT molecular complexity index is 958. The number of esters is 1. The predicted molar refractivity (Wildman–Crippen MR) is 104 cm³/mol. The molecule has 0 N–H and O–H groups in total. The van der Waals surface area contributed by atoms with Crippen molar-refractivity contribution < 1.29 is 28.6 Å². The van der Waals surface area contributed by atoms with Gasteiger partial charge in [0.05, 0.1) is 6.20 Å². The van der Waals surface area contributed by atoms with Gasteiger partial charge in [0, 0.05) is 13.1 Å². The molecule has 0 aliphatic heterocycles. The Labute approximate surface area is 172 Å². The quantitative estimate of drug-likeness (QED) is 0.404. The number of ether oxygens (including phenoxy) is 3. The van der Waals surface area contributed by atoms with Crippen LogP contribution in [0.5, 0.6) is 0 Å². The number of aromatic nitrogens is 3. The monoisotopic (exact) mass is 426 g/mol. The fraction of sp³-hybridized carbons (Fsp3) is 0.500. The largest absolute Gasteiger partial charge is 0.516 e. The summed E-state index contributed by atoms with van der Waals surface area (Å²) in [5, 5.41) is 4.05. The highest BCUT2D eigenvalue weighted by Gasteiger charge is 2.27. The molecule has 158 valence electrons. The van der Waals surface area contributed by atoms with Crippen LogP contribution in [0.3, 0.4) is 0 Å². The first-order valence-electron chi connectivity index (χ1n) is 8.64. The molecule has 29 heavy (non-hydrogen) atoms. The van der Waals surface area contributed by atoms with E-state index in [0.29, 0.717) is 0 Å². The molecule has 0 saturated heterocycles.